The standard InChI is InChI=1S/C21H20N2O4/c22-12-14-4-6-16(7-5-14)19-13-26-20-17(2-1-3-18(20)27-19)15-8-10-23(11-9-15)21(24)25/h1-7,15,19H,8-11,13H2,(H,24,25)/t19-/m0/s1. The number of piperidine rings is 1. The number of fused-ring (bicyclic) bond motifs is 1. The average Bonchev–Trinajstić information content (AvgIpc) is 2.73. The second-order valence-corrected chi connectivity index (χ2v) is 6.87. The lowest BCUT2D eigenvalue weighted by molar-refractivity contribution is 0.0887. The number of nitrogens with zero attached hydrogens (tertiary/aromatic N) is 2. The first-order chi connectivity index (χ1) is 13.2. The number of likely N-dealkylation sites (tertiary alicyclic amines) is 1. The molecule has 4 rings (SSSR count). The summed E-state index contributed by atoms with van der Waals surface area (Å²) in [5.41, 5.74) is 2.68. The molecule has 2 aliphatic rings. The van der Waals surface area contributed by atoms with E-state index in [0.29, 0.717) is 31.0 Å². The number of hydrogen-bond donors (Lipinski definition) is 1. The number of ether oxygens (including phenoxy) is 2. The van der Waals surface area contributed by atoms with Crippen LogP contribution in [0.2, 0.25) is 0 Å². The summed E-state index contributed by atoms with van der Waals surface area (Å²) in [6.07, 6.45) is 0.499. The third-order valence-corrected chi connectivity index (χ3v) is 5.27. The van der Waals surface area contributed by atoms with E-state index in [1.54, 1.807) is 12.1 Å². The Kier molecular flexibility index (Phi) is 4.59. The molecule has 138 valence electrons. The molecule has 1 amide bonds. The minimum absolute atomic E-state index is 0.214. The SMILES string of the molecule is N#Cc1ccc([C@@H]2COc3c(cccc3C3CCN(C(=O)O)CC3)O2)cc1. The van der Waals surface area contributed by atoms with Crippen LogP contribution in [-0.2, 0) is 0 Å². The molecule has 0 saturated carbocycles. The van der Waals surface area contributed by atoms with Crippen molar-refractivity contribution in [1.82, 2.24) is 4.90 Å². The van der Waals surface area contributed by atoms with Crippen LogP contribution in [0.5, 0.6) is 11.5 Å². The van der Waals surface area contributed by atoms with Gasteiger partial charge in [-0.05, 0) is 42.5 Å². The Balaban J connectivity index is 1.51. The van der Waals surface area contributed by atoms with Crippen molar-refractivity contribution in [2.45, 2.75) is 24.9 Å². The molecule has 27 heavy (non-hydrogen) atoms. The van der Waals surface area contributed by atoms with Crippen LogP contribution in [-0.4, -0.2) is 35.8 Å². The molecule has 2 aromatic carbocycles. The van der Waals surface area contributed by atoms with Gasteiger partial charge in [-0.2, -0.15) is 5.26 Å². The molecule has 1 fully saturated rings. The van der Waals surface area contributed by atoms with Gasteiger partial charge >= 0.3 is 6.09 Å². The van der Waals surface area contributed by atoms with E-state index in [1.165, 1.54) is 4.90 Å². The fraction of sp³-hybridized carbons (Fsp3) is 0.333. The van der Waals surface area contributed by atoms with Crippen LogP contribution in [0.15, 0.2) is 42.5 Å². The zero-order valence-electron chi connectivity index (χ0n) is 14.8. The zero-order valence-corrected chi connectivity index (χ0v) is 14.8. The minimum atomic E-state index is -0.853. The zero-order chi connectivity index (χ0) is 18.8. The number of nitriles is 1. The summed E-state index contributed by atoms with van der Waals surface area (Å²) in [6.45, 7) is 1.49. The van der Waals surface area contributed by atoms with Crippen molar-refractivity contribution in [3.05, 3.63) is 59.2 Å². The summed E-state index contributed by atoms with van der Waals surface area (Å²) in [6, 6.07) is 15.4. The van der Waals surface area contributed by atoms with Crippen LogP contribution in [0.1, 0.15) is 41.6 Å². The second kappa shape index (κ2) is 7.20. The number of carbonyl (C=O) groups is 1. The van der Waals surface area contributed by atoms with Crippen LogP contribution >= 0.6 is 0 Å². The predicted octanol–water partition coefficient (Wildman–Crippen LogP) is 3.93. The molecule has 6 nitrogen and oxygen atoms in total. The number of para-hydroxylation sites is 1. The Morgan fingerprint density at radius 3 is 2.56 bits per heavy atom. The Morgan fingerprint density at radius 2 is 1.89 bits per heavy atom. The van der Waals surface area contributed by atoms with Crippen LogP contribution in [0.4, 0.5) is 4.79 Å². The molecule has 0 spiro atoms. The highest BCUT2D eigenvalue weighted by Crippen LogP contribution is 2.44. The maximum Gasteiger partial charge on any atom is 0.407 e. The lowest BCUT2D eigenvalue weighted by atomic mass is 9.88. The quantitative estimate of drug-likeness (QED) is 0.873. The van der Waals surface area contributed by atoms with Crippen molar-refractivity contribution in [1.29, 1.82) is 5.26 Å². The van der Waals surface area contributed by atoms with E-state index in [0.717, 1.165) is 29.7 Å². The van der Waals surface area contributed by atoms with E-state index in [-0.39, 0.29) is 12.0 Å². The van der Waals surface area contributed by atoms with E-state index >= 15 is 0 Å². The fourth-order valence-corrected chi connectivity index (χ4v) is 3.77. The molecule has 0 aliphatic carbocycles. The number of carboxylic acid groups (broad SMARTS) is 1. The first kappa shape index (κ1) is 17.2. The van der Waals surface area contributed by atoms with E-state index in [2.05, 4.69) is 6.07 Å². The molecule has 0 radical (unpaired) electrons. The first-order valence-electron chi connectivity index (χ1n) is 9.06. The van der Waals surface area contributed by atoms with Gasteiger partial charge in [-0.25, -0.2) is 4.79 Å². The van der Waals surface area contributed by atoms with Gasteiger partial charge in [-0.15, -0.1) is 0 Å². The number of amides is 1. The largest absolute Gasteiger partial charge is 0.485 e. The molecule has 2 aliphatic heterocycles. The molecule has 1 N–H and O–H groups in total. The van der Waals surface area contributed by atoms with Gasteiger partial charge in [-0.1, -0.05) is 24.3 Å². The lowest BCUT2D eigenvalue weighted by Crippen LogP contribution is -2.37. The maximum absolute atomic E-state index is 11.1. The Labute approximate surface area is 157 Å². The summed E-state index contributed by atoms with van der Waals surface area (Å²) in [5.74, 6) is 1.76. The molecule has 0 unspecified atom stereocenters. The highest BCUT2D eigenvalue weighted by Gasteiger charge is 2.30. The van der Waals surface area contributed by atoms with Gasteiger partial charge in [0.05, 0.1) is 11.6 Å². The topological polar surface area (TPSA) is 82.8 Å². The summed E-state index contributed by atoms with van der Waals surface area (Å²) >= 11 is 0. The molecule has 6 heteroatoms. The van der Waals surface area contributed by atoms with E-state index < -0.39 is 6.09 Å². The van der Waals surface area contributed by atoms with Gasteiger partial charge in [0.1, 0.15) is 6.61 Å². The number of hydrogen-bond acceptors (Lipinski definition) is 4. The molecule has 2 aromatic rings. The van der Waals surface area contributed by atoms with Crippen molar-refractivity contribution < 1.29 is 19.4 Å². The molecule has 0 bridgehead atoms. The molecule has 1 saturated heterocycles. The summed E-state index contributed by atoms with van der Waals surface area (Å²) in [4.78, 5) is 12.6. The van der Waals surface area contributed by atoms with E-state index in [9.17, 15) is 4.79 Å². The van der Waals surface area contributed by atoms with Crippen molar-refractivity contribution >= 4 is 6.09 Å². The van der Waals surface area contributed by atoms with Crippen molar-refractivity contribution in [2.24, 2.45) is 0 Å². The van der Waals surface area contributed by atoms with Crippen LogP contribution < -0.4 is 9.47 Å². The van der Waals surface area contributed by atoms with Gasteiger partial charge in [0.2, 0.25) is 0 Å². The predicted molar refractivity (Wildman–Crippen MR) is 98.0 cm³/mol. The monoisotopic (exact) mass is 364 g/mol. The van der Waals surface area contributed by atoms with Gasteiger partial charge in [0.15, 0.2) is 17.6 Å². The van der Waals surface area contributed by atoms with E-state index in [4.69, 9.17) is 19.8 Å². The van der Waals surface area contributed by atoms with Crippen molar-refractivity contribution in [2.75, 3.05) is 19.7 Å². The van der Waals surface area contributed by atoms with Crippen LogP contribution in [0.25, 0.3) is 0 Å². The Morgan fingerprint density at radius 1 is 1.15 bits per heavy atom. The lowest BCUT2D eigenvalue weighted by Gasteiger charge is -2.33. The van der Waals surface area contributed by atoms with Crippen molar-refractivity contribution in [3.8, 4) is 17.6 Å². The third-order valence-electron chi connectivity index (χ3n) is 5.27. The highest BCUT2D eigenvalue weighted by molar-refractivity contribution is 5.65. The second-order valence-electron chi connectivity index (χ2n) is 6.87. The maximum atomic E-state index is 11.1. The van der Waals surface area contributed by atoms with Crippen molar-refractivity contribution in [3.63, 3.8) is 0 Å². The number of rotatable bonds is 2. The van der Waals surface area contributed by atoms with Crippen LogP contribution in [0.3, 0.4) is 0 Å². The molecular formula is C21H20N2O4. The molecular weight excluding hydrogens is 344 g/mol. The first-order valence-corrected chi connectivity index (χ1v) is 9.06. The molecule has 0 aromatic heterocycles. The molecule has 1 atom stereocenters. The number of benzene rings is 2. The highest BCUT2D eigenvalue weighted by atomic mass is 16.6. The smallest absolute Gasteiger partial charge is 0.407 e. The summed E-state index contributed by atoms with van der Waals surface area (Å²) < 4.78 is 12.3. The van der Waals surface area contributed by atoms with Gasteiger partial charge in [0.25, 0.3) is 0 Å². The van der Waals surface area contributed by atoms with Gasteiger partial charge in [0, 0.05) is 18.7 Å². The third kappa shape index (κ3) is 3.41. The Hall–Kier alpha value is -3.20. The normalized spacial score (nSPS) is 19.4. The van der Waals surface area contributed by atoms with Gasteiger partial charge < -0.3 is 19.5 Å². The average molecular weight is 364 g/mol. The Bertz CT molecular complexity index is 880. The van der Waals surface area contributed by atoms with Gasteiger partial charge in [-0.3, -0.25) is 0 Å². The van der Waals surface area contributed by atoms with E-state index in [1.807, 2.05) is 30.3 Å². The summed E-state index contributed by atoms with van der Waals surface area (Å²) in [7, 11) is 0. The minimum Gasteiger partial charge on any atom is -0.485 e. The molecule has 2 heterocycles. The summed E-state index contributed by atoms with van der Waals surface area (Å²) in [5, 5.41) is 18.0. The van der Waals surface area contributed by atoms with Crippen LogP contribution in [0, 0.1) is 11.3 Å². The fourth-order valence-electron chi connectivity index (χ4n) is 3.77.